The molecule has 388 valence electrons. The summed E-state index contributed by atoms with van der Waals surface area (Å²) in [6.45, 7) is 4.87. The molecule has 0 aliphatic rings. The summed E-state index contributed by atoms with van der Waals surface area (Å²) in [7, 11) is 0. The first-order chi connectivity index (χ1) is 32.5. The summed E-state index contributed by atoms with van der Waals surface area (Å²) in [5.74, 6) is -0.0944. The zero-order valence-corrected chi connectivity index (χ0v) is 44.2. The summed E-state index contributed by atoms with van der Waals surface area (Å²) in [6.07, 6.45) is 68.8. The molecule has 0 aromatic heterocycles. The van der Waals surface area contributed by atoms with E-state index in [1.165, 1.54) is 212 Å². The molecule has 0 spiro atoms. The maximum Gasteiger partial charge on any atom is 0.305 e. The molecule has 2 unspecified atom stereocenters. The van der Waals surface area contributed by atoms with Gasteiger partial charge in [0.2, 0.25) is 5.91 Å². The van der Waals surface area contributed by atoms with Gasteiger partial charge in [0.05, 0.1) is 25.4 Å². The van der Waals surface area contributed by atoms with Gasteiger partial charge in [0.25, 0.3) is 0 Å². The standard InChI is InChI=1S/C60H113NO5/c1-3-5-7-9-11-13-15-17-19-20-21-22-26-30-34-38-42-46-50-54-60(65)66-55-51-47-43-39-35-31-27-23-25-29-33-37-41-45-49-53-59(64)61-57(56-62)58(63)52-48-44-40-36-32-28-24-18-16-14-12-10-8-6-4-2/h17,19,27,31,48,52,57-58,62-63H,3-16,18,20-26,28-30,32-47,49-51,53-56H2,1-2H3,(H,61,64)/b19-17-,31-27-,52-48+. The van der Waals surface area contributed by atoms with Crippen molar-refractivity contribution in [2.24, 2.45) is 0 Å². The first kappa shape index (κ1) is 64.1. The lowest BCUT2D eigenvalue weighted by Crippen LogP contribution is -2.45. The second-order valence-corrected chi connectivity index (χ2v) is 20.0. The van der Waals surface area contributed by atoms with E-state index in [2.05, 4.69) is 43.5 Å². The van der Waals surface area contributed by atoms with Crippen molar-refractivity contribution in [2.45, 2.75) is 321 Å². The zero-order valence-electron chi connectivity index (χ0n) is 44.2. The molecule has 3 N–H and O–H groups in total. The first-order valence-electron chi connectivity index (χ1n) is 29.3. The number of aliphatic hydroxyl groups excluding tert-OH is 2. The highest BCUT2D eigenvalue weighted by atomic mass is 16.5. The van der Waals surface area contributed by atoms with Crippen molar-refractivity contribution in [3.8, 4) is 0 Å². The minimum Gasteiger partial charge on any atom is -0.466 e. The number of unbranched alkanes of at least 4 members (excludes halogenated alkanes) is 39. The fraction of sp³-hybridized carbons (Fsp3) is 0.867. The van der Waals surface area contributed by atoms with Gasteiger partial charge in [-0.05, 0) is 83.5 Å². The molecule has 6 heteroatoms. The monoisotopic (exact) mass is 928 g/mol. The third kappa shape index (κ3) is 51.5. The van der Waals surface area contributed by atoms with E-state index in [-0.39, 0.29) is 18.5 Å². The predicted octanol–water partition coefficient (Wildman–Crippen LogP) is 18.0. The van der Waals surface area contributed by atoms with Gasteiger partial charge in [-0.3, -0.25) is 9.59 Å². The van der Waals surface area contributed by atoms with E-state index in [9.17, 15) is 19.8 Å². The van der Waals surface area contributed by atoms with E-state index in [4.69, 9.17) is 4.74 Å². The number of nitrogens with one attached hydrogen (secondary N) is 1. The number of carbonyl (C=O) groups is 2. The smallest absolute Gasteiger partial charge is 0.305 e. The summed E-state index contributed by atoms with van der Waals surface area (Å²) in [4.78, 5) is 24.5. The van der Waals surface area contributed by atoms with Crippen LogP contribution >= 0.6 is 0 Å². The van der Waals surface area contributed by atoms with E-state index < -0.39 is 12.1 Å². The highest BCUT2D eigenvalue weighted by Crippen LogP contribution is 2.16. The molecule has 0 radical (unpaired) electrons. The third-order valence-corrected chi connectivity index (χ3v) is 13.4. The van der Waals surface area contributed by atoms with Gasteiger partial charge in [-0.25, -0.2) is 0 Å². The largest absolute Gasteiger partial charge is 0.466 e. The Balaban J connectivity index is 3.48. The normalized spacial score (nSPS) is 12.8. The molecule has 0 rings (SSSR count). The molecule has 0 aromatic carbocycles. The summed E-state index contributed by atoms with van der Waals surface area (Å²) in [5.41, 5.74) is 0. The van der Waals surface area contributed by atoms with Crippen molar-refractivity contribution in [3.63, 3.8) is 0 Å². The van der Waals surface area contributed by atoms with E-state index in [1.54, 1.807) is 6.08 Å². The highest BCUT2D eigenvalue weighted by Gasteiger charge is 2.18. The van der Waals surface area contributed by atoms with Crippen LogP contribution in [0, 0.1) is 0 Å². The van der Waals surface area contributed by atoms with Gasteiger partial charge >= 0.3 is 5.97 Å². The average Bonchev–Trinajstić information content (AvgIpc) is 3.32. The van der Waals surface area contributed by atoms with Crippen LogP contribution in [0.25, 0.3) is 0 Å². The van der Waals surface area contributed by atoms with Crippen LogP contribution in [0.15, 0.2) is 36.5 Å². The fourth-order valence-corrected chi connectivity index (χ4v) is 8.86. The second kappa shape index (κ2) is 55.7. The Kier molecular flexibility index (Phi) is 54.1. The summed E-state index contributed by atoms with van der Waals surface area (Å²) < 4.78 is 5.48. The Hall–Kier alpha value is -1.92. The van der Waals surface area contributed by atoms with Crippen molar-refractivity contribution in [1.82, 2.24) is 5.32 Å². The zero-order chi connectivity index (χ0) is 47.9. The fourth-order valence-electron chi connectivity index (χ4n) is 8.86. The molecular weight excluding hydrogens is 815 g/mol. The average molecular weight is 929 g/mol. The summed E-state index contributed by atoms with van der Waals surface area (Å²) >= 11 is 0. The molecule has 0 saturated carbocycles. The van der Waals surface area contributed by atoms with Gasteiger partial charge in [0, 0.05) is 12.8 Å². The molecule has 0 bridgehead atoms. The maximum absolute atomic E-state index is 12.4. The Morgan fingerprint density at radius 3 is 1.08 bits per heavy atom. The van der Waals surface area contributed by atoms with Crippen molar-refractivity contribution < 1.29 is 24.5 Å². The van der Waals surface area contributed by atoms with Crippen molar-refractivity contribution >= 4 is 11.9 Å². The predicted molar refractivity (Wildman–Crippen MR) is 287 cm³/mol. The van der Waals surface area contributed by atoms with E-state index in [0.717, 1.165) is 70.6 Å². The van der Waals surface area contributed by atoms with E-state index in [0.29, 0.717) is 19.4 Å². The molecule has 0 saturated heterocycles. The van der Waals surface area contributed by atoms with Gasteiger partial charge in [0.1, 0.15) is 0 Å². The van der Waals surface area contributed by atoms with Crippen LogP contribution < -0.4 is 5.32 Å². The Morgan fingerprint density at radius 2 is 0.712 bits per heavy atom. The van der Waals surface area contributed by atoms with Crippen molar-refractivity contribution in [3.05, 3.63) is 36.5 Å². The van der Waals surface area contributed by atoms with E-state index in [1.807, 2.05) is 6.08 Å². The van der Waals surface area contributed by atoms with Gasteiger partial charge in [0.15, 0.2) is 0 Å². The number of rotatable bonds is 54. The maximum atomic E-state index is 12.4. The molecular formula is C60H113NO5. The molecule has 0 fully saturated rings. The van der Waals surface area contributed by atoms with Gasteiger partial charge in [-0.2, -0.15) is 0 Å². The second-order valence-electron chi connectivity index (χ2n) is 20.0. The lowest BCUT2D eigenvalue weighted by atomic mass is 10.0. The SMILES string of the molecule is CCCCCCCC/C=C\CCCCCCCCCCCC(=O)OCCCCCC/C=C\CCCCCCCCCC(=O)NC(CO)C(O)/C=C/CCCCCCCCCCCCCCC. The molecule has 0 aromatic rings. The van der Waals surface area contributed by atoms with Crippen LogP contribution in [0.4, 0.5) is 0 Å². The number of amides is 1. The number of ether oxygens (including phenoxy) is 1. The number of hydrogen-bond acceptors (Lipinski definition) is 5. The van der Waals surface area contributed by atoms with Crippen LogP contribution in [-0.2, 0) is 14.3 Å². The molecule has 1 amide bonds. The van der Waals surface area contributed by atoms with Crippen molar-refractivity contribution in [2.75, 3.05) is 13.2 Å². The van der Waals surface area contributed by atoms with Gasteiger partial charge < -0.3 is 20.3 Å². The van der Waals surface area contributed by atoms with Gasteiger partial charge in [-0.1, -0.05) is 249 Å². The van der Waals surface area contributed by atoms with E-state index >= 15 is 0 Å². The highest BCUT2D eigenvalue weighted by molar-refractivity contribution is 5.76. The number of esters is 1. The van der Waals surface area contributed by atoms with Crippen LogP contribution in [-0.4, -0.2) is 47.4 Å². The van der Waals surface area contributed by atoms with Crippen LogP contribution in [0.2, 0.25) is 0 Å². The Morgan fingerprint density at radius 1 is 0.409 bits per heavy atom. The first-order valence-corrected chi connectivity index (χ1v) is 29.3. The lowest BCUT2D eigenvalue weighted by Gasteiger charge is -2.20. The van der Waals surface area contributed by atoms with Crippen LogP contribution in [0.1, 0.15) is 309 Å². The summed E-state index contributed by atoms with van der Waals surface area (Å²) in [5, 5.41) is 23.1. The quantitative estimate of drug-likeness (QED) is 0.0321. The molecule has 0 aliphatic heterocycles. The minimum absolute atomic E-state index is 0.0118. The molecule has 0 aliphatic carbocycles. The lowest BCUT2D eigenvalue weighted by molar-refractivity contribution is -0.143. The minimum atomic E-state index is -0.854. The van der Waals surface area contributed by atoms with Crippen LogP contribution in [0.5, 0.6) is 0 Å². The molecule has 0 heterocycles. The van der Waals surface area contributed by atoms with Gasteiger partial charge in [-0.15, -0.1) is 0 Å². The number of allylic oxidation sites excluding steroid dienone is 5. The van der Waals surface area contributed by atoms with Crippen LogP contribution in [0.3, 0.4) is 0 Å². The van der Waals surface area contributed by atoms with Crippen molar-refractivity contribution in [1.29, 1.82) is 0 Å². The number of hydrogen-bond donors (Lipinski definition) is 3. The summed E-state index contributed by atoms with van der Waals surface area (Å²) in [6, 6.07) is -0.639. The Bertz CT molecular complexity index is 1070. The number of carbonyl (C=O) groups excluding carboxylic acids is 2. The Labute approximate surface area is 411 Å². The third-order valence-electron chi connectivity index (χ3n) is 13.4. The topological polar surface area (TPSA) is 95.9 Å². The molecule has 66 heavy (non-hydrogen) atoms. The molecule has 2 atom stereocenters. The number of aliphatic hydroxyl groups is 2. The molecule has 6 nitrogen and oxygen atoms in total.